The van der Waals surface area contributed by atoms with Gasteiger partial charge in [0.25, 0.3) is 0 Å². The van der Waals surface area contributed by atoms with Gasteiger partial charge >= 0.3 is 5.97 Å². The first-order chi connectivity index (χ1) is 8.41. The third-order valence-corrected chi connectivity index (χ3v) is 3.54. The van der Waals surface area contributed by atoms with Gasteiger partial charge in [0.05, 0.1) is 24.1 Å². The number of aromatic nitrogens is 2. The Morgan fingerprint density at radius 1 is 1.56 bits per heavy atom. The van der Waals surface area contributed by atoms with Gasteiger partial charge in [0, 0.05) is 18.3 Å². The van der Waals surface area contributed by atoms with E-state index in [-0.39, 0.29) is 17.9 Å². The van der Waals surface area contributed by atoms with Crippen molar-refractivity contribution in [2.24, 2.45) is 18.9 Å². The number of carboxylic acid groups (broad SMARTS) is 1. The van der Waals surface area contributed by atoms with Crippen LogP contribution in [0.1, 0.15) is 30.6 Å². The molecule has 2 rings (SSSR count). The summed E-state index contributed by atoms with van der Waals surface area (Å²) in [6.07, 6.45) is 2.17. The van der Waals surface area contributed by atoms with Gasteiger partial charge in [-0.25, -0.2) is 0 Å². The first-order valence-electron chi connectivity index (χ1n) is 5.93. The van der Waals surface area contributed by atoms with Gasteiger partial charge in [-0.15, -0.1) is 0 Å². The number of hydrogen-bond acceptors (Lipinski definition) is 3. The molecule has 3 atom stereocenters. The Balaban J connectivity index is 1.96. The van der Waals surface area contributed by atoms with Gasteiger partial charge in [0.2, 0.25) is 5.91 Å². The van der Waals surface area contributed by atoms with Crippen LogP contribution in [0.15, 0.2) is 6.20 Å². The molecule has 0 spiro atoms. The van der Waals surface area contributed by atoms with Gasteiger partial charge in [-0.05, 0) is 20.3 Å². The standard InChI is InChI=1S/C12H17N3O3/c1-6(10-5-13-15(3)7(10)2)14-11(16)8-4-9(8)12(17)18/h5-6,8-9H,4H2,1-3H3,(H,14,16)(H,17,18). The second-order valence-electron chi connectivity index (χ2n) is 4.83. The predicted molar refractivity (Wildman–Crippen MR) is 63.7 cm³/mol. The number of hydrogen-bond donors (Lipinski definition) is 2. The summed E-state index contributed by atoms with van der Waals surface area (Å²) in [6.45, 7) is 3.81. The fraction of sp³-hybridized carbons (Fsp3) is 0.583. The molecule has 6 heteroatoms. The Morgan fingerprint density at radius 2 is 2.22 bits per heavy atom. The summed E-state index contributed by atoms with van der Waals surface area (Å²) in [5.41, 5.74) is 1.95. The van der Waals surface area contributed by atoms with E-state index in [9.17, 15) is 9.59 Å². The summed E-state index contributed by atoms with van der Waals surface area (Å²) in [7, 11) is 1.84. The molecule has 1 aliphatic carbocycles. The average molecular weight is 251 g/mol. The van der Waals surface area contributed by atoms with Crippen LogP contribution in [0.5, 0.6) is 0 Å². The maximum atomic E-state index is 11.8. The number of carbonyl (C=O) groups is 2. The molecule has 18 heavy (non-hydrogen) atoms. The van der Waals surface area contributed by atoms with Crippen LogP contribution < -0.4 is 5.32 Å². The summed E-state index contributed by atoms with van der Waals surface area (Å²) in [6, 6.07) is -0.152. The maximum Gasteiger partial charge on any atom is 0.307 e. The highest BCUT2D eigenvalue weighted by atomic mass is 16.4. The molecule has 1 aromatic heterocycles. The van der Waals surface area contributed by atoms with Gasteiger partial charge in [-0.1, -0.05) is 0 Å². The molecule has 1 fully saturated rings. The lowest BCUT2D eigenvalue weighted by Gasteiger charge is -2.13. The highest BCUT2D eigenvalue weighted by Crippen LogP contribution is 2.39. The second kappa shape index (κ2) is 4.44. The second-order valence-corrected chi connectivity index (χ2v) is 4.83. The fourth-order valence-electron chi connectivity index (χ4n) is 2.10. The maximum absolute atomic E-state index is 11.8. The van der Waals surface area contributed by atoms with Crippen LogP contribution in [0.3, 0.4) is 0 Å². The van der Waals surface area contributed by atoms with Crippen molar-refractivity contribution in [2.75, 3.05) is 0 Å². The Morgan fingerprint density at radius 3 is 2.67 bits per heavy atom. The zero-order valence-corrected chi connectivity index (χ0v) is 10.7. The van der Waals surface area contributed by atoms with Gasteiger partial charge in [-0.3, -0.25) is 14.3 Å². The van der Waals surface area contributed by atoms with E-state index < -0.39 is 11.9 Å². The predicted octanol–water partition coefficient (Wildman–Crippen LogP) is 0.626. The van der Waals surface area contributed by atoms with Gasteiger partial charge in [-0.2, -0.15) is 5.10 Å². The molecule has 98 valence electrons. The molecule has 0 saturated heterocycles. The molecule has 1 saturated carbocycles. The van der Waals surface area contributed by atoms with Crippen LogP contribution in [0.25, 0.3) is 0 Å². The lowest BCUT2D eigenvalue weighted by molar-refractivity contribution is -0.140. The number of rotatable bonds is 4. The molecule has 3 unspecified atom stereocenters. The summed E-state index contributed by atoms with van der Waals surface area (Å²) in [5, 5.41) is 15.7. The van der Waals surface area contributed by atoms with Crippen molar-refractivity contribution in [1.82, 2.24) is 15.1 Å². The van der Waals surface area contributed by atoms with Crippen molar-refractivity contribution in [3.05, 3.63) is 17.5 Å². The van der Waals surface area contributed by atoms with Crippen LogP contribution >= 0.6 is 0 Å². The van der Waals surface area contributed by atoms with Gasteiger partial charge < -0.3 is 10.4 Å². The first kappa shape index (κ1) is 12.6. The number of carboxylic acids is 1. The topological polar surface area (TPSA) is 84.2 Å². The van der Waals surface area contributed by atoms with Crippen molar-refractivity contribution in [3.8, 4) is 0 Å². The summed E-state index contributed by atoms with van der Waals surface area (Å²) in [5.74, 6) is -1.95. The number of aryl methyl sites for hydroxylation is 1. The first-order valence-corrected chi connectivity index (χ1v) is 5.93. The number of carbonyl (C=O) groups excluding carboxylic acids is 1. The molecule has 0 radical (unpaired) electrons. The highest BCUT2D eigenvalue weighted by Gasteiger charge is 2.48. The van der Waals surface area contributed by atoms with E-state index in [2.05, 4.69) is 10.4 Å². The van der Waals surface area contributed by atoms with Crippen LogP contribution in [-0.4, -0.2) is 26.8 Å². The molecule has 1 aliphatic rings. The zero-order chi connectivity index (χ0) is 13.4. The average Bonchev–Trinajstić information content (AvgIpc) is 3.02. The summed E-state index contributed by atoms with van der Waals surface area (Å²) in [4.78, 5) is 22.5. The smallest absolute Gasteiger partial charge is 0.307 e. The lowest BCUT2D eigenvalue weighted by Crippen LogP contribution is -2.29. The normalized spacial score (nSPS) is 23.5. The minimum absolute atomic E-state index is 0.152. The van der Waals surface area contributed by atoms with Crippen molar-refractivity contribution in [1.29, 1.82) is 0 Å². The van der Waals surface area contributed by atoms with Gasteiger partial charge in [0.15, 0.2) is 0 Å². The SMILES string of the molecule is Cc1c(C(C)NC(=O)C2CC2C(=O)O)cnn1C. The van der Waals surface area contributed by atoms with E-state index in [0.29, 0.717) is 6.42 Å². The minimum Gasteiger partial charge on any atom is -0.481 e. The number of nitrogens with zero attached hydrogens (tertiary/aromatic N) is 2. The molecule has 0 aromatic carbocycles. The number of nitrogens with one attached hydrogen (secondary N) is 1. The minimum atomic E-state index is -0.889. The lowest BCUT2D eigenvalue weighted by atomic mass is 10.1. The molecule has 6 nitrogen and oxygen atoms in total. The molecular weight excluding hydrogens is 234 g/mol. The van der Waals surface area contributed by atoms with E-state index in [0.717, 1.165) is 11.3 Å². The van der Waals surface area contributed by atoms with Crippen molar-refractivity contribution in [2.45, 2.75) is 26.3 Å². The van der Waals surface area contributed by atoms with Crippen LogP contribution in [-0.2, 0) is 16.6 Å². The third kappa shape index (κ3) is 2.23. The summed E-state index contributed by atoms with van der Waals surface area (Å²) >= 11 is 0. The fourth-order valence-corrected chi connectivity index (χ4v) is 2.10. The Kier molecular flexibility index (Phi) is 3.11. The van der Waals surface area contributed by atoms with E-state index in [1.807, 2.05) is 20.9 Å². The van der Waals surface area contributed by atoms with E-state index in [4.69, 9.17) is 5.11 Å². The molecule has 1 heterocycles. The largest absolute Gasteiger partial charge is 0.481 e. The molecule has 1 aromatic rings. The number of aliphatic carboxylic acids is 1. The third-order valence-electron chi connectivity index (χ3n) is 3.54. The monoisotopic (exact) mass is 251 g/mol. The van der Waals surface area contributed by atoms with E-state index in [1.54, 1.807) is 10.9 Å². The van der Waals surface area contributed by atoms with Crippen molar-refractivity contribution in [3.63, 3.8) is 0 Å². The Hall–Kier alpha value is -1.85. The number of amides is 1. The highest BCUT2D eigenvalue weighted by molar-refractivity contribution is 5.89. The molecule has 1 amide bonds. The molecule has 0 aliphatic heterocycles. The molecular formula is C12H17N3O3. The quantitative estimate of drug-likeness (QED) is 0.822. The molecule has 2 N–H and O–H groups in total. The van der Waals surface area contributed by atoms with Crippen molar-refractivity contribution >= 4 is 11.9 Å². The van der Waals surface area contributed by atoms with Crippen LogP contribution in [0.2, 0.25) is 0 Å². The summed E-state index contributed by atoms with van der Waals surface area (Å²) < 4.78 is 1.75. The molecule has 0 bridgehead atoms. The van der Waals surface area contributed by atoms with Gasteiger partial charge in [0.1, 0.15) is 0 Å². The Labute approximate surface area is 105 Å². The van der Waals surface area contributed by atoms with E-state index >= 15 is 0 Å². The Bertz CT molecular complexity index is 495. The van der Waals surface area contributed by atoms with Crippen LogP contribution in [0.4, 0.5) is 0 Å². The van der Waals surface area contributed by atoms with E-state index in [1.165, 1.54) is 0 Å². The van der Waals surface area contributed by atoms with Crippen LogP contribution in [0, 0.1) is 18.8 Å². The van der Waals surface area contributed by atoms with Crippen molar-refractivity contribution < 1.29 is 14.7 Å². The zero-order valence-electron chi connectivity index (χ0n) is 10.7.